The lowest BCUT2D eigenvalue weighted by Crippen LogP contribution is -2.47. The van der Waals surface area contributed by atoms with Gasteiger partial charge in [0.2, 0.25) is 0 Å². The molecular weight excluding hydrogens is 348 g/mol. The summed E-state index contributed by atoms with van der Waals surface area (Å²) in [4.78, 5) is 34.8. The SMILES string of the molecule is O=C(CNC(=O)c1ccccc1F)NNC(=O)COc1ccc(F)cc1. The summed E-state index contributed by atoms with van der Waals surface area (Å²) in [5, 5.41) is 2.22. The molecule has 2 rings (SSSR count). The second kappa shape index (κ2) is 9.11. The Morgan fingerprint density at radius 3 is 2.23 bits per heavy atom. The average molecular weight is 363 g/mol. The molecule has 9 heteroatoms. The van der Waals surface area contributed by atoms with E-state index < -0.39 is 42.5 Å². The number of rotatable bonds is 6. The number of hydrogen-bond acceptors (Lipinski definition) is 4. The monoisotopic (exact) mass is 363 g/mol. The van der Waals surface area contributed by atoms with Crippen LogP contribution in [0.3, 0.4) is 0 Å². The molecule has 2 aromatic rings. The Morgan fingerprint density at radius 1 is 0.885 bits per heavy atom. The highest BCUT2D eigenvalue weighted by Crippen LogP contribution is 2.10. The number of hydrazine groups is 1. The van der Waals surface area contributed by atoms with Gasteiger partial charge in [-0.3, -0.25) is 25.2 Å². The maximum Gasteiger partial charge on any atom is 0.276 e. The predicted molar refractivity (Wildman–Crippen MR) is 86.9 cm³/mol. The van der Waals surface area contributed by atoms with Crippen LogP contribution in [0.4, 0.5) is 8.78 Å². The number of amides is 3. The highest BCUT2D eigenvalue weighted by Gasteiger charge is 2.12. The molecule has 0 fully saturated rings. The summed E-state index contributed by atoms with van der Waals surface area (Å²) in [5.74, 6) is -3.01. The number of halogens is 2. The third-order valence-corrected chi connectivity index (χ3v) is 3.05. The highest BCUT2D eigenvalue weighted by molar-refractivity contribution is 5.96. The Hall–Kier alpha value is -3.49. The van der Waals surface area contributed by atoms with Crippen molar-refractivity contribution in [3.63, 3.8) is 0 Å². The lowest BCUT2D eigenvalue weighted by atomic mass is 10.2. The van der Waals surface area contributed by atoms with Crippen molar-refractivity contribution in [2.24, 2.45) is 0 Å². The first-order valence-electron chi connectivity index (χ1n) is 7.44. The van der Waals surface area contributed by atoms with E-state index in [9.17, 15) is 23.2 Å². The molecule has 0 unspecified atom stereocenters. The Morgan fingerprint density at radius 2 is 1.54 bits per heavy atom. The summed E-state index contributed by atoms with van der Waals surface area (Å²) >= 11 is 0. The van der Waals surface area contributed by atoms with Crippen LogP contribution >= 0.6 is 0 Å². The minimum absolute atomic E-state index is 0.197. The fourth-order valence-electron chi connectivity index (χ4n) is 1.80. The van der Waals surface area contributed by atoms with E-state index in [1.165, 1.54) is 42.5 Å². The van der Waals surface area contributed by atoms with Gasteiger partial charge in [0.1, 0.15) is 17.4 Å². The number of nitrogens with one attached hydrogen (secondary N) is 3. The van der Waals surface area contributed by atoms with Crippen molar-refractivity contribution in [2.75, 3.05) is 13.2 Å². The quantitative estimate of drug-likeness (QED) is 0.665. The van der Waals surface area contributed by atoms with E-state index in [4.69, 9.17) is 4.74 Å². The standard InChI is InChI=1S/C17H15F2N3O4/c18-11-5-7-12(8-6-11)26-10-16(24)22-21-15(23)9-20-17(25)13-3-1-2-4-14(13)19/h1-8H,9-10H2,(H,20,25)(H,21,23)(H,22,24). The fraction of sp³-hybridized carbons (Fsp3) is 0.118. The second-order valence-electron chi connectivity index (χ2n) is 5.00. The molecule has 0 radical (unpaired) electrons. The Bertz CT molecular complexity index is 797. The van der Waals surface area contributed by atoms with Gasteiger partial charge in [-0.15, -0.1) is 0 Å². The first-order chi connectivity index (χ1) is 12.5. The first-order valence-corrected chi connectivity index (χ1v) is 7.44. The van der Waals surface area contributed by atoms with Gasteiger partial charge >= 0.3 is 0 Å². The molecule has 136 valence electrons. The molecule has 3 amide bonds. The number of benzene rings is 2. The lowest BCUT2D eigenvalue weighted by molar-refractivity contribution is -0.129. The molecule has 0 saturated carbocycles. The van der Waals surface area contributed by atoms with Crippen molar-refractivity contribution >= 4 is 17.7 Å². The molecule has 26 heavy (non-hydrogen) atoms. The Balaban J connectivity index is 1.68. The largest absolute Gasteiger partial charge is 0.484 e. The molecule has 0 aliphatic rings. The molecule has 0 aliphatic heterocycles. The molecule has 7 nitrogen and oxygen atoms in total. The van der Waals surface area contributed by atoms with Gasteiger partial charge in [-0.1, -0.05) is 12.1 Å². The van der Waals surface area contributed by atoms with Crippen molar-refractivity contribution in [3.8, 4) is 5.75 Å². The molecule has 3 N–H and O–H groups in total. The van der Waals surface area contributed by atoms with E-state index in [2.05, 4.69) is 16.2 Å². The molecule has 0 saturated heterocycles. The Labute approximate surface area is 147 Å². The maximum atomic E-state index is 13.4. The van der Waals surface area contributed by atoms with Gasteiger partial charge in [0.15, 0.2) is 6.61 Å². The van der Waals surface area contributed by atoms with Crippen LogP contribution in [0, 0.1) is 11.6 Å². The number of hydrogen-bond donors (Lipinski definition) is 3. The van der Waals surface area contributed by atoms with E-state index >= 15 is 0 Å². The zero-order valence-corrected chi connectivity index (χ0v) is 13.4. The number of ether oxygens (including phenoxy) is 1. The van der Waals surface area contributed by atoms with Gasteiger partial charge in [-0.05, 0) is 36.4 Å². The molecule has 0 spiro atoms. The minimum atomic E-state index is -0.760. The third-order valence-electron chi connectivity index (χ3n) is 3.05. The molecule has 0 aromatic heterocycles. The minimum Gasteiger partial charge on any atom is -0.484 e. The van der Waals surface area contributed by atoms with Crippen LogP contribution in [-0.4, -0.2) is 30.9 Å². The fourth-order valence-corrected chi connectivity index (χ4v) is 1.80. The lowest BCUT2D eigenvalue weighted by Gasteiger charge is -2.09. The van der Waals surface area contributed by atoms with Crippen molar-refractivity contribution < 1.29 is 27.9 Å². The van der Waals surface area contributed by atoms with Crippen LogP contribution in [0.2, 0.25) is 0 Å². The molecule has 0 heterocycles. The zero-order chi connectivity index (χ0) is 18.9. The zero-order valence-electron chi connectivity index (χ0n) is 13.4. The summed E-state index contributed by atoms with van der Waals surface area (Å²) in [7, 11) is 0. The molecular formula is C17H15F2N3O4. The van der Waals surface area contributed by atoms with Crippen LogP contribution in [-0.2, 0) is 9.59 Å². The number of carbonyl (C=O) groups excluding carboxylic acids is 3. The van der Waals surface area contributed by atoms with Crippen LogP contribution < -0.4 is 20.9 Å². The average Bonchev–Trinajstić information content (AvgIpc) is 2.64. The molecule has 0 atom stereocenters. The molecule has 0 aliphatic carbocycles. The highest BCUT2D eigenvalue weighted by atomic mass is 19.1. The van der Waals surface area contributed by atoms with E-state index in [1.54, 1.807) is 0 Å². The third kappa shape index (κ3) is 5.86. The van der Waals surface area contributed by atoms with E-state index in [0.717, 1.165) is 6.07 Å². The smallest absolute Gasteiger partial charge is 0.276 e. The van der Waals surface area contributed by atoms with Gasteiger partial charge in [0.25, 0.3) is 17.7 Å². The van der Waals surface area contributed by atoms with Crippen LogP contribution in [0.25, 0.3) is 0 Å². The van der Waals surface area contributed by atoms with Crippen LogP contribution in [0.5, 0.6) is 5.75 Å². The summed E-state index contributed by atoms with van der Waals surface area (Å²) in [6.07, 6.45) is 0. The summed E-state index contributed by atoms with van der Waals surface area (Å²) < 4.78 is 31.2. The van der Waals surface area contributed by atoms with Crippen molar-refractivity contribution in [1.29, 1.82) is 0 Å². The van der Waals surface area contributed by atoms with Crippen molar-refractivity contribution in [1.82, 2.24) is 16.2 Å². The number of carbonyl (C=O) groups is 3. The van der Waals surface area contributed by atoms with Gasteiger partial charge < -0.3 is 10.1 Å². The maximum absolute atomic E-state index is 13.4. The van der Waals surface area contributed by atoms with Crippen LogP contribution in [0.1, 0.15) is 10.4 Å². The topological polar surface area (TPSA) is 96.5 Å². The summed E-state index contributed by atoms with van der Waals surface area (Å²) in [5.41, 5.74) is 3.94. The molecule has 2 aromatic carbocycles. The Kier molecular flexibility index (Phi) is 6.60. The van der Waals surface area contributed by atoms with Gasteiger partial charge in [-0.25, -0.2) is 8.78 Å². The van der Waals surface area contributed by atoms with Crippen molar-refractivity contribution in [2.45, 2.75) is 0 Å². The van der Waals surface area contributed by atoms with E-state index in [-0.39, 0.29) is 11.3 Å². The van der Waals surface area contributed by atoms with Crippen LogP contribution in [0.15, 0.2) is 48.5 Å². The van der Waals surface area contributed by atoms with Crippen molar-refractivity contribution in [3.05, 3.63) is 65.7 Å². The first kappa shape index (κ1) is 18.8. The normalized spacial score (nSPS) is 9.92. The van der Waals surface area contributed by atoms with E-state index in [1.807, 2.05) is 0 Å². The van der Waals surface area contributed by atoms with Gasteiger partial charge in [-0.2, -0.15) is 0 Å². The second-order valence-corrected chi connectivity index (χ2v) is 5.00. The predicted octanol–water partition coefficient (Wildman–Crippen LogP) is 0.921. The van der Waals surface area contributed by atoms with Gasteiger partial charge in [0.05, 0.1) is 12.1 Å². The summed E-state index contributed by atoms with van der Waals surface area (Å²) in [6, 6.07) is 10.4. The summed E-state index contributed by atoms with van der Waals surface area (Å²) in [6.45, 7) is -0.875. The van der Waals surface area contributed by atoms with E-state index in [0.29, 0.717) is 0 Å². The molecule has 0 bridgehead atoms. The van der Waals surface area contributed by atoms with Gasteiger partial charge in [0, 0.05) is 0 Å².